The molecule has 162 valence electrons. The number of H-pyrrole nitrogens is 1. The van der Waals surface area contributed by atoms with Crippen LogP contribution in [-0.4, -0.2) is 40.6 Å². The van der Waals surface area contributed by atoms with Crippen molar-refractivity contribution >= 4 is 17.6 Å². The lowest BCUT2D eigenvalue weighted by Crippen LogP contribution is -2.31. The van der Waals surface area contributed by atoms with Crippen molar-refractivity contribution in [2.75, 3.05) is 24.6 Å². The molecule has 1 heterocycles. The number of hydrogen-bond acceptors (Lipinski definition) is 6. The molecular formula is C23H26N4O4. The predicted molar refractivity (Wildman–Crippen MR) is 123 cm³/mol. The zero-order valence-electron chi connectivity index (χ0n) is 17.8. The first kappa shape index (κ1) is 21.9. The lowest BCUT2D eigenvalue weighted by Gasteiger charge is -2.20. The number of anilines is 1. The van der Waals surface area contributed by atoms with Gasteiger partial charge in [-0.2, -0.15) is 0 Å². The van der Waals surface area contributed by atoms with Gasteiger partial charge in [0.15, 0.2) is 0 Å². The van der Waals surface area contributed by atoms with Gasteiger partial charge in [0.2, 0.25) is 5.88 Å². The molecule has 31 heavy (non-hydrogen) atoms. The Labute approximate surface area is 180 Å². The molecule has 1 aromatic heterocycles. The van der Waals surface area contributed by atoms with Gasteiger partial charge in [-0.15, -0.1) is 0 Å². The van der Waals surface area contributed by atoms with Gasteiger partial charge in [-0.3, -0.25) is 14.8 Å². The molecule has 0 spiro atoms. The predicted octanol–water partition coefficient (Wildman–Crippen LogP) is 3.23. The SMILES string of the molecule is CCOc1ccccc1-n1c(O)c(C=Nc2ccc(N(CC)CC)cc2)c(=O)[nH]c1=O. The lowest BCUT2D eigenvalue weighted by atomic mass is 10.2. The molecule has 0 aliphatic heterocycles. The van der Waals surface area contributed by atoms with E-state index >= 15 is 0 Å². The normalized spacial score (nSPS) is 11.1. The van der Waals surface area contributed by atoms with E-state index in [-0.39, 0.29) is 5.56 Å². The number of hydrogen-bond donors (Lipinski definition) is 2. The quantitative estimate of drug-likeness (QED) is 0.543. The number of aromatic nitrogens is 2. The minimum atomic E-state index is -0.768. The molecule has 0 fully saturated rings. The van der Waals surface area contributed by atoms with Crippen molar-refractivity contribution in [1.82, 2.24) is 9.55 Å². The summed E-state index contributed by atoms with van der Waals surface area (Å²) >= 11 is 0. The van der Waals surface area contributed by atoms with Crippen molar-refractivity contribution in [3.63, 3.8) is 0 Å². The fourth-order valence-corrected chi connectivity index (χ4v) is 3.28. The van der Waals surface area contributed by atoms with E-state index in [1.54, 1.807) is 24.3 Å². The van der Waals surface area contributed by atoms with Crippen molar-refractivity contribution in [3.8, 4) is 17.3 Å². The number of ether oxygens (including phenoxy) is 1. The number of aromatic amines is 1. The first-order valence-corrected chi connectivity index (χ1v) is 10.2. The third-order valence-electron chi connectivity index (χ3n) is 4.85. The average Bonchev–Trinajstić information content (AvgIpc) is 2.76. The van der Waals surface area contributed by atoms with Crippen LogP contribution in [0.5, 0.6) is 11.6 Å². The van der Waals surface area contributed by atoms with E-state index in [1.165, 1.54) is 6.21 Å². The van der Waals surface area contributed by atoms with Gasteiger partial charge in [-0.05, 0) is 57.2 Å². The zero-order valence-corrected chi connectivity index (χ0v) is 17.8. The Morgan fingerprint density at radius 2 is 1.74 bits per heavy atom. The molecule has 0 atom stereocenters. The summed E-state index contributed by atoms with van der Waals surface area (Å²) in [5, 5.41) is 10.7. The fraction of sp³-hybridized carbons (Fsp3) is 0.261. The molecule has 0 amide bonds. The highest BCUT2D eigenvalue weighted by molar-refractivity contribution is 5.84. The van der Waals surface area contributed by atoms with Crippen LogP contribution in [0.25, 0.3) is 5.69 Å². The molecule has 8 nitrogen and oxygen atoms in total. The van der Waals surface area contributed by atoms with E-state index in [0.29, 0.717) is 23.7 Å². The molecule has 3 rings (SSSR count). The molecule has 8 heteroatoms. The molecule has 0 aliphatic rings. The maximum atomic E-state index is 12.4. The minimum absolute atomic E-state index is 0.126. The van der Waals surface area contributed by atoms with Crippen LogP contribution in [-0.2, 0) is 0 Å². The van der Waals surface area contributed by atoms with E-state index in [9.17, 15) is 14.7 Å². The van der Waals surface area contributed by atoms with Crippen molar-refractivity contribution in [3.05, 3.63) is 74.9 Å². The maximum Gasteiger partial charge on any atom is 0.335 e. The first-order chi connectivity index (χ1) is 15.0. The first-order valence-electron chi connectivity index (χ1n) is 10.2. The molecule has 3 aromatic rings. The summed E-state index contributed by atoms with van der Waals surface area (Å²) in [6.07, 6.45) is 1.25. The van der Waals surface area contributed by atoms with E-state index < -0.39 is 17.1 Å². The number of aliphatic imine (C=N–C) groups is 1. The van der Waals surface area contributed by atoms with Gasteiger partial charge in [0.05, 0.1) is 18.0 Å². The van der Waals surface area contributed by atoms with Gasteiger partial charge < -0.3 is 14.7 Å². The summed E-state index contributed by atoms with van der Waals surface area (Å²) in [6.45, 7) is 8.16. The summed E-state index contributed by atoms with van der Waals surface area (Å²) < 4.78 is 6.55. The molecular weight excluding hydrogens is 396 g/mol. The van der Waals surface area contributed by atoms with Crippen LogP contribution in [0.4, 0.5) is 11.4 Å². The third kappa shape index (κ3) is 4.69. The van der Waals surface area contributed by atoms with Gasteiger partial charge in [0, 0.05) is 25.0 Å². The van der Waals surface area contributed by atoms with Crippen LogP contribution in [0.1, 0.15) is 26.3 Å². The number of nitrogens with zero attached hydrogens (tertiary/aromatic N) is 3. The Balaban J connectivity index is 2.01. The number of nitrogens with one attached hydrogen (secondary N) is 1. The van der Waals surface area contributed by atoms with E-state index in [4.69, 9.17) is 4.74 Å². The Morgan fingerprint density at radius 1 is 1.06 bits per heavy atom. The largest absolute Gasteiger partial charge is 0.493 e. The van der Waals surface area contributed by atoms with Crippen LogP contribution in [0.3, 0.4) is 0 Å². The van der Waals surface area contributed by atoms with Crippen molar-refractivity contribution in [2.45, 2.75) is 20.8 Å². The van der Waals surface area contributed by atoms with Gasteiger partial charge in [-0.25, -0.2) is 9.36 Å². The van der Waals surface area contributed by atoms with Crippen LogP contribution < -0.4 is 20.9 Å². The second-order valence-corrected chi connectivity index (χ2v) is 6.68. The topological polar surface area (TPSA) is 99.9 Å². The van der Waals surface area contributed by atoms with Crippen molar-refractivity contribution < 1.29 is 9.84 Å². The summed E-state index contributed by atoms with van der Waals surface area (Å²) in [6, 6.07) is 14.3. The molecule has 0 bridgehead atoms. The minimum Gasteiger partial charge on any atom is -0.493 e. The van der Waals surface area contributed by atoms with Crippen LogP contribution in [0, 0.1) is 0 Å². The summed E-state index contributed by atoms with van der Waals surface area (Å²) in [5.74, 6) is -0.103. The van der Waals surface area contributed by atoms with Crippen LogP contribution in [0.15, 0.2) is 63.1 Å². The molecule has 0 aliphatic carbocycles. The Morgan fingerprint density at radius 3 is 2.39 bits per heavy atom. The summed E-state index contributed by atoms with van der Waals surface area (Å²) in [5.41, 5.74) is 0.388. The lowest BCUT2D eigenvalue weighted by molar-refractivity contribution is 0.336. The molecule has 2 aromatic carbocycles. The highest BCUT2D eigenvalue weighted by atomic mass is 16.5. The monoisotopic (exact) mass is 422 g/mol. The fourth-order valence-electron chi connectivity index (χ4n) is 3.28. The molecule has 0 saturated carbocycles. The Hall–Kier alpha value is -3.81. The van der Waals surface area contributed by atoms with E-state index in [0.717, 1.165) is 23.3 Å². The molecule has 2 N–H and O–H groups in total. The summed E-state index contributed by atoms with van der Waals surface area (Å²) in [7, 11) is 0. The van der Waals surface area contributed by atoms with E-state index in [2.05, 4.69) is 28.7 Å². The summed E-state index contributed by atoms with van der Waals surface area (Å²) in [4.78, 5) is 33.5. The smallest absolute Gasteiger partial charge is 0.335 e. The standard InChI is InChI=1S/C23H26N4O4/c1-4-26(5-2)17-13-11-16(12-14-17)24-15-18-21(28)25-23(30)27(22(18)29)19-9-7-8-10-20(19)31-6-3/h7-15,29H,4-6H2,1-3H3,(H,25,28,30). The van der Waals surface area contributed by atoms with Gasteiger partial charge >= 0.3 is 5.69 Å². The second kappa shape index (κ2) is 9.80. The molecule has 0 unspecified atom stereocenters. The van der Waals surface area contributed by atoms with Gasteiger partial charge in [-0.1, -0.05) is 12.1 Å². The third-order valence-corrected chi connectivity index (χ3v) is 4.85. The number of aromatic hydroxyl groups is 1. The zero-order chi connectivity index (χ0) is 22.4. The number of rotatable bonds is 8. The van der Waals surface area contributed by atoms with Crippen molar-refractivity contribution in [2.24, 2.45) is 4.99 Å². The second-order valence-electron chi connectivity index (χ2n) is 6.68. The van der Waals surface area contributed by atoms with Crippen LogP contribution in [0.2, 0.25) is 0 Å². The van der Waals surface area contributed by atoms with Gasteiger partial charge in [0.1, 0.15) is 11.3 Å². The van der Waals surface area contributed by atoms with Crippen LogP contribution >= 0.6 is 0 Å². The van der Waals surface area contributed by atoms with Crippen molar-refractivity contribution in [1.29, 1.82) is 0 Å². The Kier molecular flexibility index (Phi) is 6.92. The maximum absolute atomic E-state index is 12.4. The van der Waals surface area contributed by atoms with E-state index in [1.807, 2.05) is 31.2 Å². The van der Waals surface area contributed by atoms with Gasteiger partial charge in [0.25, 0.3) is 5.56 Å². The molecule has 0 saturated heterocycles. The number of para-hydroxylation sites is 2. The highest BCUT2D eigenvalue weighted by Gasteiger charge is 2.17. The Bertz CT molecular complexity index is 1180. The number of benzene rings is 2. The highest BCUT2D eigenvalue weighted by Crippen LogP contribution is 2.25. The molecule has 0 radical (unpaired) electrons. The average molecular weight is 422 g/mol.